The van der Waals surface area contributed by atoms with E-state index in [2.05, 4.69) is 4.98 Å². The summed E-state index contributed by atoms with van der Waals surface area (Å²) in [6.07, 6.45) is 0. The van der Waals surface area contributed by atoms with Crippen LogP contribution in [0.4, 0.5) is 0 Å². The SMILES string of the molecule is Cc1c2c(=O)n(-c3nc4cccc(Cl)c4s3)n(Cc3ccccc3)c2cc(=O)n1Cc1cccc(Cl)n1. The van der Waals surface area contributed by atoms with E-state index in [1.165, 1.54) is 17.4 Å². The summed E-state index contributed by atoms with van der Waals surface area (Å²) in [4.78, 5) is 36.4. The Kier molecular flexibility index (Phi) is 5.95. The Bertz CT molecular complexity index is 1920. The van der Waals surface area contributed by atoms with Crippen molar-refractivity contribution in [3.8, 4) is 5.13 Å². The molecule has 7 nitrogen and oxygen atoms in total. The third-order valence-corrected chi connectivity index (χ3v) is 8.00. The number of hydrogen-bond acceptors (Lipinski definition) is 5. The third kappa shape index (κ3) is 4.17. The zero-order valence-corrected chi connectivity index (χ0v) is 21.9. The Balaban J connectivity index is 1.62. The number of benzene rings is 2. The molecule has 6 rings (SSSR count). The largest absolute Gasteiger partial charge is 0.306 e. The first-order valence-electron chi connectivity index (χ1n) is 11.5. The van der Waals surface area contributed by atoms with Crippen molar-refractivity contribution in [1.82, 2.24) is 23.9 Å². The molecule has 0 unspecified atom stereocenters. The fraction of sp³-hybridized carbons (Fsp3) is 0.111. The van der Waals surface area contributed by atoms with Gasteiger partial charge in [-0.15, -0.1) is 0 Å². The molecule has 0 aliphatic rings. The fourth-order valence-corrected chi connectivity index (χ4v) is 5.98. The minimum atomic E-state index is -0.258. The standard InChI is InChI=1S/C27H19Cl2N5O2S/c1-16-24-21(13-23(35)32(16)15-18-9-5-12-22(29)30-18)33(14-17-7-3-2-4-8-17)34(26(24)36)27-31-20-11-6-10-19(28)25(20)37-27/h2-13H,14-15H2,1H3. The molecule has 6 aromatic rings. The molecule has 10 heteroatoms. The predicted octanol–water partition coefficient (Wildman–Crippen LogP) is 5.67. The molecule has 0 fully saturated rings. The Labute approximate surface area is 224 Å². The molecule has 0 aliphatic heterocycles. The number of halogens is 2. The molecule has 0 radical (unpaired) electrons. The lowest BCUT2D eigenvalue weighted by Crippen LogP contribution is -2.24. The number of aryl methyl sites for hydroxylation is 1. The summed E-state index contributed by atoms with van der Waals surface area (Å²) in [5.41, 5.74) is 2.91. The van der Waals surface area contributed by atoms with Gasteiger partial charge in [0.2, 0.25) is 5.13 Å². The Hall–Kier alpha value is -3.72. The average Bonchev–Trinajstić information content (AvgIpc) is 3.42. The lowest BCUT2D eigenvalue weighted by atomic mass is 10.2. The van der Waals surface area contributed by atoms with E-state index in [0.29, 0.717) is 49.7 Å². The van der Waals surface area contributed by atoms with Crippen LogP contribution in [0.1, 0.15) is 17.0 Å². The van der Waals surface area contributed by atoms with E-state index >= 15 is 0 Å². The number of pyridine rings is 2. The van der Waals surface area contributed by atoms with Crippen LogP contribution in [0, 0.1) is 6.92 Å². The zero-order valence-electron chi connectivity index (χ0n) is 19.6. The quantitative estimate of drug-likeness (QED) is 0.260. The number of aromatic nitrogens is 5. The van der Waals surface area contributed by atoms with Crippen LogP contribution in [0.3, 0.4) is 0 Å². The Morgan fingerprint density at radius 3 is 2.43 bits per heavy atom. The summed E-state index contributed by atoms with van der Waals surface area (Å²) in [5, 5.41) is 1.85. The molecular formula is C27H19Cl2N5O2S. The van der Waals surface area contributed by atoms with Crippen LogP contribution >= 0.6 is 34.5 Å². The molecule has 4 heterocycles. The van der Waals surface area contributed by atoms with Gasteiger partial charge in [0.05, 0.1) is 44.9 Å². The van der Waals surface area contributed by atoms with Crippen LogP contribution in [0.5, 0.6) is 0 Å². The van der Waals surface area contributed by atoms with E-state index in [4.69, 9.17) is 28.2 Å². The van der Waals surface area contributed by atoms with Crippen molar-refractivity contribution in [2.75, 3.05) is 0 Å². The van der Waals surface area contributed by atoms with Crippen molar-refractivity contribution in [2.45, 2.75) is 20.0 Å². The first-order chi connectivity index (χ1) is 17.9. The number of hydrogen-bond donors (Lipinski definition) is 0. The van der Waals surface area contributed by atoms with Crippen LogP contribution in [-0.2, 0) is 13.1 Å². The van der Waals surface area contributed by atoms with Crippen LogP contribution in [0.15, 0.2) is 82.4 Å². The van der Waals surface area contributed by atoms with Crippen molar-refractivity contribution >= 4 is 55.7 Å². The zero-order chi connectivity index (χ0) is 25.7. The molecule has 0 N–H and O–H groups in total. The van der Waals surface area contributed by atoms with Gasteiger partial charge >= 0.3 is 0 Å². The lowest BCUT2D eigenvalue weighted by Gasteiger charge is -2.12. The second kappa shape index (κ2) is 9.30. The Morgan fingerprint density at radius 1 is 0.892 bits per heavy atom. The topological polar surface area (TPSA) is 74.7 Å². The van der Waals surface area contributed by atoms with Gasteiger partial charge in [0.25, 0.3) is 11.1 Å². The normalized spacial score (nSPS) is 11.5. The van der Waals surface area contributed by atoms with Gasteiger partial charge in [0.15, 0.2) is 0 Å². The molecule has 184 valence electrons. The van der Waals surface area contributed by atoms with E-state index < -0.39 is 0 Å². The van der Waals surface area contributed by atoms with Gasteiger partial charge in [-0.2, -0.15) is 4.68 Å². The highest BCUT2D eigenvalue weighted by molar-refractivity contribution is 7.21. The van der Waals surface area contributed by atoms with E-state index in [9.17, 15) is 9.59 Å². The first-order valence-corrected chi connectivity index (χ1v) is 13.0. The molecule has 37 heavy (non-hydrogen) atoms. The summed E-state index contributed by atoms with van der Waals surface area (Å²) in [7, 11) is 0. The molecule has 0 saturated heterocycles. The smallest absolute Gasteiger partial charge is 0.283 e. The van der Waals surface area contributed by atoms with Gasteiger partial charge in [-0.3, -0.25) is 14.3 Å². The fourth-order valence-electron chi connectivity index (χ4n) is 4.54. The second-order valence-electron chi connectivity index (χ2n) is 8.61. The highest BCUT2D eigenvalue weighted by Gasteiger charge is 2.22. The molecular weight excluding hydrogens is 529 g/mol. The van der Waals surface area contributed by atoms with Crippen molar-refractivity contribution in [1.29, 1.82) is 0 Å². The first kappa shape index (κ1) is 23.7. The maximum atomic E-state index is 14.0. The van der Waals surface area contributed by atoms with E-state index in [1.807, 2.05) is 47.1 Å². The summed E-state index contributed by atoms with van der Waals surface area (Å²) < 4.78 is 5.71. The minimum absolute atomic E-state index is 0.196. The second-order valence-corrected chi connectivity index (χ2v) is 10.4. The molecule has 2 aromatic carbocycles. The summed E-state index contributed by atoms with van der Waals surface area (Å²) in [6, 6.07) is 22.0. The molecule has 0 aliphatic carbocycles. The van der Waals surface area contributed by atoms with E-state index in [0.717, 1.165) is 10.3 Å². The van der Waals surface area contributed by atoms with Crippen LogP contribution in [0.25, 0.3) is 26.3 Å². The lowest BCUT2D eigenvalue weighted by molar-refractivity contribution is 0.610. The maximum absolute atomic E-state index is 14.0. The molecule has 0 bridgehead atoms. The van der Waals surface area contributed by atoms with Gasteiger partial charge in [-0.25, -0.2) is 9.97 Å². The van der Waals surface area contributed by atoms with Crippen LogP contribution in [-0.4, -0.2) is 23.9 Å². The number of rotatable bonds is 5. The van der Waals surface area contributed by atoms with E-state index in [1.54, 1.807) is 40.4 Å². The van der Waals surface area contributed by atoms with E-state index in [-0.39, 0.29) is 17.7 Å². The molecule has 0 atom stereocenters. The van der Waals surface area contributed by atoms with Gasteiger partial charge in [-0.1, -0.05) is 77.0 Å². The van der Waals surface area contributed by atoms with Gasteiger partial charge in [0, 0.05) is 11.8 Å². The summed E-state index contributed by atoms with van der Waals surface area (Å²) in [6.45, 7) is 2.35. The van der Waals surface area contributed by atoms with Crippen molar-refractivity contribution in [2.24, 2.45) is 0 Å². The Morgan fingerprint density at radius 2 is 1.68 bits per heavy atom. The van der Waals surface area contributed by atoms with Crippen molar-refractivity contribution < 1.29 is 0 Å². The van der Waals surface area contributed by atoms with Crippen LogP contribution in [0.2, 0.25) is 10.2 Å². The minimum Gasteiger partial charge on any atom is -0.306 e. The average molecular weight is 548 g/mol. The molecule has 0 amide bonds. The van der Waals surface area contributed by atoms with Gasteiger partial charge in [-0.05, 0) is 36.8 Å². The maximum Gasteiger partial charge on any atom is 0.283 e. The van der Waals surface area contributed by atoms with Crippen LogP contribution < -0.4 is 11.1 Å². The third-order valence-electron chi connectivity index (χ3n) is 6.28. The molecule has 0 saturated carbocycles. The van der Waals surface area contributed by atoms with Gasteiger partial charge < -0.3 is 4.57 Å². The predicted molar refractivity (Wildman–Crippen MR) is 149 cm³/mol. The number of nitrogens with zero attached hydrogens (tertiary/aromatic N) is 5. The molecule has 4 aromatic heterocycles. The van der Waals surface area contributed by atoms with Crippen molar-refractivity contribution in [3.05, 3.63) is 121 Å². The highest BCUT2D eigenvalue weighted by Crippen LogP contribution is 2.31. The van der Waals surface area contributed by atoms with Gasteiger partial charge in [0.1, 0.15) is 5.15 Å². The summed E-state index contributed by atoms with van der Waals surface area (Å²) >= 11 is 13.8. The number of fused-ring (bicyclic) bond motifs is 2. The molecule has 0 spiro atoms. The monoisotopic (exact) mass is 547 g/mol. The highest BCUT2D eigenvalue weighted by atomic mass is 35.5. The summed E-state index contributed by atoms with van der Waals surface area (Å²) in [5.74, 6) is 0. The number of thiazole rings is 1. The van der Waals surface area contributed by atoms with Crippen molar-refractivity contribution in [3.63, 3.8) is 0 Å².